The normalized spacial score (nSPS) is 12.4. The predicted octanol–water partition coefficient (Wildman–Crippen LogP) is 6.69. The number of aryl methyl sites for hydroxylation is 1. The number of ether oxygens (including phenoxy) is 4. The molecule has 0 atom stereocenters. The van der Waals surface area contributed by atoms with Gasteiger partial charge in [0.15, 0.2) is 23.0 Å². The van der Waals surface area contributed by atoms with E-state index in [2.05, 4.69) is 50.5 Å². The molecule has 0 aliphatic carbocycles. The summed E-state index contributed by atoms with van der Waals surface area (Å²) in [6.45, 7) is 5.08. The van der Waals surface area contributed by atoms with Gasteiger partial charge in [-0.25, -0.2) is 4.98 Å². The van der Waals surface area contributed by atoms with E-state index in [1.807, 2.05) is 49.4 Å². The molecular weight excluding hydrogens is 677 g/mol. The van der Waals surface area contributed by atoms with Crippen molar-refractivity contribution >= 4 is 55.6 Å². The summed E-state index contributed by atoms with van der Waals surface area (Å²) in [4.78, 5) is 18.1. The number of aromatic nitrogens is 2. The third-order valence-corrected chi connectivity index (χ3v) is 7.40. The molecule has 0 spiro atoms. The minimum atomic E-state index is -0.202. The fourth-order valence-electron chi connectivity index (χ4n) is 4.19. The van der Waals surface area contributed by atoms with E-state index in [4.69, 9.17) is 23.9 Å². The zero-order chi connectivity index (χ0) is 27.4. The molecule has 0 unspecified atom stereocenters. The van der Waals surface area contributed by atoms with Crippen molar-refractivity contribution in [1.82, 2.24) is 9.66 Å². The lowest BCUT2D eigenvalue weighted by atomic mass is 10.2. The van der Waals surface area contributed by atoms with Gasteiger partial charge in [-0.3, -0.25) is 4.79 Å². The average molecular weight is 704 g/mol. The van der Waals surface area contributed by atoms with Gasteiger partial charge in [-0.2, -0.15) is 9.78 Å². The quantitative estimate of drug-likeness (QED) is 0.135. The maximum atomic E-state index is 13.4. The molecule has 1 aliphatic heterocycles. The summed E-state index contributed by atoms with van der Waals surface area (Å²) in [5, 5.41) is 5.10. The minimum absolute atomic E-state index is 0.202. The van der Waals surface area contributed by atoms with E-state index in [0.717, 1.165) is 37.8 Å². The minimum Gasteiger partial charge on any atom is -0.490 e. The van der Waals surface area contributed by atoms with E-state index < -0.39 is 0 Å². The van der Waals surface area contributed by atoms with E-state index in [1.165, 1.54) is 4.68 Å². The van der Waals surface area contributed by atoms with Gasteiger partial charge in [-0.1, -0.05) is 35.3 Å². The highest BCUT2D eigenvalue weighted by atomic mass is 127. The van der Waals surface area contributed by atoms with Gasteiger partial charge in [0.25, 0.3) is 5.56 Å². The highest BCUT2D eigenvalue weighted by Crippen LogP contribution is 2.36. The van der Waals surface area contributed by atoms with Crippen LogP contribution in [0.25, 0.3) is 10.9 Å². The highest BCUT2D eigenvalue weighted by molar-refractivity contribution is 14.1. The summed E-state index contributed by atoms with van der Waals surface area (Å²) in [6, 6.07) is 15.1. The van der Waals surface area contributed by atoms with Gasteiger partial charge in [0, 0.05) is 10.9 Å². The van der Waals surface area contributed by atoms with E-state index in [0.29, 0.717) is 53.6 Å². The van der Waals surface area contributed by atoms with Crippen molar-refractivity contribution in [1.29, 1.82) is 0 Å². The predicted molar refractivity (Wildman–Crippen MR) is 163 cm³/mol. The molecule has 5 rings (SSSR count). The fourth-order valence-corrected chi connectivity index (χ4v) is 5.33. The largest absolute Gasteiger partial charge is 0.490 e. The SMILES string of the molecule is CCCCc1nc2ccc(Br)cc2c(=O)n1N=Cc1cc(I)c(OCc2ccc3c(c2)OCO3)c(OCC)c1. The van der Waals surface area contributed by atoms with Crippen LogP contribution in [0.5, 0.6) is 23.0 Å². The summed E-state index contributed by atoms with van der Waals surface area (Å²) in [6.07, 6.45) is 4.21. The van der Waals surface area contributed by atoms with Crippen LogP contribution in [0.1, 0.15) is 43.6 Å². The molecule has 39 heavy (non-hydrogen) atoms. The molecule has 0 N–H and O–H groups in total. The van der Waals surface area contributed by atoms with Crippen LogP contribution < -0.4 is 24.5 Å². The molecule has 0 saturated carbocycles. The molecule has 0 fully saturated rings. The summed E-state index contributed by atoms with van der Waals surface area (Å²) >= 11 is 5.68. The summed E-state index contributed by atoms with van der Waals surface area (Å²) in [5.74, 6) is 3.33. The number of unbranched alkanes of at least 4 members (excludes halogenated alkanes) is 1. The first kappa shape index (κ1) is 27.4. The van der Waals surface area contributed by atoms with Crippen molar-refractivity contribution in [2.45, 2.75) is 39.7 Å². The molecule has 1 aromatic heterocycles. The molecule has 0 radical (unpaired) electrons. The molecule has 0 saturated heterocycles. The second kappa shape index (κ2) is 12.4. The molecule has 3 aromatic carbocycles. The van der Waals surface area contributed by atoms with Crippen molar-refractivity contribution in [3.8, 4) is 23.0 Å². The highest BCUT2D eigenvalue weighted by Gasteiger charge is 2.16. The van der Waals surface area contributed by atoms with Crippen molar-refractivity contribution < 1.29 is 18.9 Å². The summed E-state index contributed by atoms with van der Waals surface area (Å²) < 4.78 is 26.1. The zero-order valence-electron chi connectivity index (χ0n) is 21.6. The van der Waals surface area contributed by atoms with Crippen LogP contribution in [0.3, 0.4) is 0 Å². The first-order chi connectivity index (χ1) is 19.0. The molecular formula is C29H27BrIN3O5. The number of fused-ring (bicyclic) bond motifs is 2. The zero-order valence-corrected chi connectivity index (χ0v) is 25.3. The lowest BCUT2D eigenvalue weighted by Crippen LogP contribution is -2.22. The topological polar surface area (TPSA) is 84.2 Å². The Balaban J connectivity index is 1.45. The lowest BCUT2D eigenvalue weighted by Gasteiger charge is -2.15. The summed E-state index contributed by atoms with van der Waals surface area (Å²) in [5.41, 5.74) is 2.20. The second-order valence-electron chi connectivity index (χ2n) is 8.89. The molecule has 8 nitrogen and oxygen atoms in total. The van der Waals surface area contributed by atoms with Crippen LogP contribution in [-0.2, 0) is 13.0 Å². The Hall–Kier alpha value is -3.12. The van der Waals surface area contributed by atoms with Crippen molar-refractivity contribution in [2.24, 2.45) is 5.10 Å². The number of hydrogen-bond donors (Lipinski definition) is 0. The van der Waals surface area contributed by atoms with Gasteiger partial charge < -0.3 is 18.9 Å². The van der Waals surface area contributed by atoms with Gasteiger partial charge >= 0.3 is 0 Å². The molecule has 4 aromatic rings. The number of hydrogen-bond acceptors (Lipinski definition) is 7. The van der Waals surface area contributed by atoms with E-state index in [1.54, 1.807) is 12.3 Å². The third kappa shape index (κ3) is 6.22. The standard InChI is InChI=1S/C29H27BrIN3O5/c1-3-5-6-27-33-23-9-8-20(30)14-21(23)29(35)34(27)32-15-19-11-22(31)28(26(13-19)36-4-2)37-16-18-7-10-24-25(12-18)39-17-38-24/h7-15H,3-6,16-17H2,1-2H3. The van der Waals surface area contributed by atoms with Crippen LogP contribution in [0, 0.1) is 3.57 Å². The number of nitrogens with zero attached hydrogens (tertiary/aromatic N) is 3. The molecule has 10 heteroatoms. The monoisotopic (exact) mass is 703 g/mol. The smallest absolute Gasteiger partial charge is 0.282 e. The Morgan fingerprint density at radius 1 is 1.10 bits per heavy atom. The van der Waals surface area contributed by atoms with E-state index in [-0.39, 0.29) is 12.4 Å². The first-order valence-electron chi connectivity index (χ1n) is 12.7. The van der Waals surface area contributed by atoms with Crippen LogP contribution in [-0.4, -0.2) is 29.3 Å². The number of rotatable bonds is 10. The number of halogens is 2. The van der Waals surface area contributed by atoms with Gasteiger partial charge in [-0.05, 0) is 89.5 Å². The Labute approximate surface area is 248 Å². The maximum Gasteiger partial charge on any atom is 0.282 e. The van der Waals surface area contributed by atoms with Crippen molar-refractivity contribution in [3.05, 3.63) is 83.9 Å². The Kier molecular flexibility index (Phi) is 8.71. The molecule has 202 valence electrons. The maximum absolute atomic E-state index is 13.4. The van der Waals surface area contributed by atoms with Crippen LogP contribution in [0.15, 0.2) is 62.9 Å². The van der Waals surface area contributed by atoms with Gasteiger partial charge in [0.1, 0.15) is 12.4 Å². The average Bonchev–Trinajstić information content (AvgIpc) is 3.39. The summed E-state index contributed by atoms with van der Waals surface area (Å²) in [7, 11) is 0. The second-order valence-corrected chi connectivity index (χ2v) is 11.0. The Bertz CT molecular complexity index is 1600. The van der Waals surface area contributed by atoms with E-state index in [9.17, 15) is 4.79 Å². The van der Waals surface area contributed by atoms with Crippen molar-refractivity contribution in [2.75, 3.05) is 13.4 Å². The fraction of sp³-hybridized carbons (Fsp3) is 0.276. The van der Waals surface area contributed by atoms with Gasteiger partial charge in [-0.15, -0.1) is 0 Å². The third-order valence-electron chi connectivity index (χ3n) is 6.10. The van der Waals surface area contributed by atoms with Crippen LogP contribution in [0.2, 0.25) is 0 Å². The molecule has 2 heterocycles. The lowest BCUT2D eigenvalue weighted by molar-refractivity contribution is 0.174. The van der Waals surface area contributed by atoms with Gasteiger partial charge in [0.05, 0.1) is 27.3 Å². The number of benzene rings is 3. The molecule has 1 aliphatic rings. The first-order valence-corrected chi connectivity index (χ1v) is 14.6. The van der Waals surface area contributed by atoms with Gasteiger partial charge in [0.2, 0.25) is 6.79 Å². The van der Waals surface area contributed by atoms with Crippen molar-refractivity contribution in [3.63, 3.8) is 0 Å². The Morgan fingerprint density at radius 2 is 1.95 bits per heavy atom. The van der Waals surface area contributed by atoms with Crippen LogP contribution in [0.4, 0.5) is 0 Å². The van der Waals surface area contributed by atoms with E-state index >= 15 is 0 Å². The molecule has 0 amide bonds. The van der Waals surface area contributed by atoms with Crippen LogP contribution >= 0.6 is 38.5 Å². The Morgan fingerprint density at radius 3 is 2.77 bits per heavy atom. The molecule has 0 bridgehead atoms.